The van der Waals surface area contributed by atoms with E-state index in [9.17, 15) is 4.79 Å². The number of amides is 1. The number of nitrogens with one attached hydrogen (secondary N) is 2. The Morgan fingerprint density at radius 3 is 2.89 bits per heavy atom. The zero-order chi connectivity index (χ0) is 14.0. The molecule has 0 saturated carbocycles. The van der Waals surface area contributed by atoms with Crippen molar-refractivity contribution >= 4 is 5.91 Å². The lowest BCUT2D eigenvalue weighted by Crippen LogP contribution is -2.44. The molecule has 2 N–H and O–H groups in total. The molecule has 106 valence electrons. The minimum Gasteiger partial charge on any atom is -0.350 e. The van der Waals surface area contributed by atoms with E-state index in [2.05, 4.69) is 15.6 Å². The molecule has 2 rings (SSSR count). The molecule has 1 fully saturated rings. The van der Waals surface area contributed by atoms with Crippen LogP contribution < -0.4 is 10.6 Å². The molecule has 1 aliphatic rings. The van der Waals surface area contributed by atoms with Gasteiger partial charge in [-0.2, -0.15) is 0 Å². The highest BCUT2D eigenvalue weighted by molar-refractivity contribution is 5.80. The van der Waals surface area contributed by atoms with E-state index in [-0.39, 0.29) is 17.5 Å². The summed E-state index contributed by atoms with van der Waals surface area (Å²) in [6.07, 6.45) is 5.91. The van der Waals surface area contributed by atoms with E-state index in [1.165, 1.54) is 6.42 Å². The van der Waals surface area contributed by atoms with Crippen molar-refractivity contribution < 1.29 is 4.79 Å². The van der Waals surface area contributed by atoms with Crippen LogP contribution in [-0.2, 0) is 4.79 Å². The van der Waals surface area contributed by atoms with E-state index >= 15 is 0 Å². The Morgan fingerprint density at radius 2 is 2.32 bits per heavy atom. The van der Waals surface area contributed by atoms with Crippen LogP contribution in [0.2, 0.25) is 0 Å². The van der Waals surface area contributed by atoms with E-state index in [1.54, 1.807) is 6.33 Å². The molecule has 19 heavy (non-hydrogen) atoms. The van der Waals surface area contributed by atoms with Gasteiger partial charge in [-0.05, 0) is 47.1 Å². The fraction of sp³-hybridized carbons (Fsp3) is 0.714. The first kappa shape index (κ1) is 14.1. The molecule has 5 nitrogen and oxygen atoms in total. The number of carbonyl (C=O) groups is 1. The Kier molecular flexibility index (Phi) is 3.94. The van der Waals surface area contributed by atoms with Gasteiger partial charge in [-0.15, -0.1) is 0 Å². The molecule has 1 aromatic rings. The highest BCUT2D eigenvalue weighted by atomic mass is 16.2. The average Bonchev–Trinajstić information content (AvgIpc) is 2.96. The van der Waals surface area contributed by atoms with Crippen LogP contribution in [0.15, 0.2) is 12.5 Å². The number of aromatic nitrogens is 2. The second-order valence-corrected chi connectivity index (χ2v) is 6.29. The first-order chi connectivity index (χ1) is 8.88. The van der Waals surface area contributed by atoms with Crippen molar-refractivity contribution in [1.29, 1.82) is 0 Å². The van der Waals surface area contributed by atoms with Gasteiger partial charge >= 0.3 is 0 Å². The molecule has 0 spiro atoms. The topological polar surface area (TPSA) is 59.0 Å². The zero-order valence-electron chi connectivity index (χ0n) is 12.2. The zero-order valence-corrected chi connectivity index (χ0v) is 12.2. The summed E-state index contributed by atoms with van der Waals surface area (Å²) in [5.41, 5.74) is 0.895. The van der Waals surface area contributed by atoms with Crippen LogP contribution in [0.1, 0.15) is 58.3 Å². The van der Waals surface area contributed by atoms with Crippen molar-refractivity contribution in [2.75, 3.05) is 6.54 Å². The highest BCUT2D eigenvalue weighted by Crippen LogP contribution is 2.25. The molecule has 1 saturated heterocycles. The number of rotatable bonds is 3. The summed E-state index contributed by atoms with van der Waals surface area (Å²) in [6.45, 7) is 8.93. The molecule has 0 bridgehead atoms. The van der Waals surface area contributed by atoms with Crippen molar-refractivity contribution in [3.63, 3.8) is 0 Å². The van der Waals surface area contributed by atoms with Crippen LogP contribution in [0.25, 0.3) is 0 Å². The van der Waals surface area contributed by atoms with E-state index in [1.807, 2.05) is 38.5 Å². The van der Waals surface area contributed by atoms with Gasteiger partial charge in [-0.3, -0.25) is 4.79 Å². The molecule has 1 amide bonds. The van der Waals surface area contributed by atoms with Crippen LogP contribution in [0.3, 0.4) is 0 Å². The minimum atomic E-state index is -0.237. The van der Waals surface area contributed by atoms with Crippen LogP contribution in [0.5, 0.6) is 0 Å². The van der Waals surface area contributed by atoms with E-state index in [4.69, 9.17) is 0 Å². The first-order valence-electron chi connectivity index (χ1n) is 6.95. The number of imidazole rings is 1. The van der Waals surface area contributed by atoms with Crippen LogP contribution in [0.4, 0.5) is 0 Å². The third-order valence-corrected chi connectivity index (χ3v) is 3.41. The van der Waals surface area contributed by atoms with Crippen molar-refractivity contribution in [2.24, 2.45) is 0 Å². The van der Waals surface area contributed by atoms with E-state index in [0.717, 1.165) is 18.7 Å². The maximum Gasteiger partial charge on any atom is 0.243 e. The minimum absolute atomic E-state index is 0.0322. The smallest absolute Gasteiger partial charge is 0.243 e. The van der Waals surface area contributed by atoms with Crippen LogP contribution in [0, 0.1) is 0 Å². The molecule has 1 aliphatic heterocycles. The molecule has 0 radical (unpaired) electrons. The van der Waals surface area contributed by atoms with Gasteiger partial charge in [-0.25, -0.2) is 4.98 Å². The van der Waals surface area contributed by atoms with Gasteiger partial charge in [-0.1, -0.05) is 0 Å². The summed E-state index contributed by atoms with van der Waals surface area (Å²) in [4.78, 5) is 16.5. The average molecular weight is 264 g/mol. The van der Waals surface area contributed by atoms with E-state index < -0.39 is 0 Å². The molecule has 1 unspecified atom stereocenters. The summed E-state index contributed by atoms with van der Waals surface area (Å²) < 4.78 is 1.98. The fourth-order valence-electron chi connectivity index (χ4n) is 2.45. The second kappa shape index (κ2) is 5.33. The highest BCUT2D eigenvalue weighted by Gasteiger charge is 2.26. The second-order valence-electron chi connectivity index (χ2n) is 6.29. The van der Waals surface area contributed by atoms with Crippen LogP contribution >= 0.6 is 0 Å². The fourth-order valence-corrected chi connectivity index (χ4v) is 2.45. The molecular weight excluding hydrogens is 240 g/mol. The molecule has 1 aromatic heterocycles. The van der Waals surface area contributed by atoms with Gasteiger partial charge in [0.05, 0.1) is 12.0 Å². The lowest BCUT2D eigenvalue weighted by Gasteiger charge is -2.25. The van der Waals surface area contributed by atoms with Gasteiger partial charge in [0.25, 0.3) is 0 Å². The number of hydrogen-bond acceptors (Lipinski definition) is 3. The van der Waals surface area contributed by atoms with Gasteiger partial charge in [0, 0.05) is 17.8 Å². The Morgan fingerprint density at radius 1 is 1.58 bits per heavy atom. The van der Waals surface area contributed by atoms with Crippen molar-refractivity contribution in [3.8, 4) is 0 Å². The first-order valence-corrected chi connectivity index (χ1v) is 6.95. The maximum absolute atomic E-state index is 12.2. The van der Waals surface area contributed by atoms with Crippen LogP contribution in [-0.4, -0.2) is 27.5 Å². The molecule has 2 atom stereocenters. The summed E-state index contributed by atoms with van der Waals surface area (Å²) in [7, 11) is 0. The summed E-state index contributed by atoms with van der Waals surface area (Å²) in [5, 5.41) is 6.47. The third-order valence-electron chi connectivity index (χ3n) is 3.41. The quantitative estimate of drug-likeness (QED) is 0.875. The van der Waals surface area contributed by atoms with Gasteiger partial charge in [0.2, 0.25) is 5.91 Å². The maximum atomic E-state index is 12.2. The number of nitrogens with zero attached hydrogens (tertiary/aromatic N) is 2. The van der Waals surface area contributed by atoms with E-state index in [0.29, 0.717) is 6.04 Å². The summed E-state index contributed by atoms with van der Waals surface area (Å²) in [6, 6.07) is 0.0894. The SMILES string of the molecule is CC(C(=O)NC(C)(C)C)n1cncc1[C@@H]1CCCN1. The van der Waals surface area contributed by atoms with Gasteiger partial charge < -0.3 is 15.2 Å². The monoisotopic (exact) mass is 264 g/mol. The van der Waals surface area contributed by atoms with Crippen molar-refractivity contribution in [3.05, 3.63) is 18.2 Å². The number of carbonyl (C=O) groups excluding carboxylic acids is 1. The predicted molar refractivity (Wildman–Crippen MR) is 74.8 cm³/mol. The Hall–Kier alpha value is -1.36. The molecule has 0 aliphatic carbocycles. The number of hydrogen-bond donors (Lipinski definition) is 2. The summed E-state index contributed by atoms with van der Waals surface area (Å²) in [5.74, 6) is 0.0322. The predicted octanol–water partition coefficient (Wildman–Crippen LogP) is 1.78. The third kappa shape index (κ3) is 3.35. The molecule has 5 heteroatoms. The molecule has 0 aromatic carbocycles. The Balaban J connectivity index is 2.13. The standard InChI is InChI=1S/C14H24N4O/c1-10(13(19)17-14(2,3)4)18-9-15-8-12(18)11-6-5-7-16-11/h8-11,16H,5-7H2,1-4H3,(H,17,19)/t10?,11-/m0/s1. The van der Waals surface area contributed by atoms with Crippen molar-refractivity contribution in [2.45, 2.75) is 58.2 Å². The Bertz CT molecular complexity index is 441. The van der Waals surface area contributed by atoms with Gasteiger partial charge in [0.1, 0.15) is 6.04 Å². The normalized spacial score (nSPS) is 21.4. The molecule has 2 heterocycles. The largest absolute Gasteiger partial charge is 0.350 e. The lowest BCUT2D eigenvalue weighted by molar-refractivity contribution is -0.125. The van der Waals surface area contributed by atoms with Gasteiger partial charge in [0.15, 0.2) is 0 Å². The lowest BCUT2D eigenvalue weighted by atomic mass is 10.1. The molecular formula is C14H24N4O. The van der Waals surface area contributed by atoms with Crippen molar-refractivity contribution in [1.82, 2.24) is 20.2 Å². The summed E-state index contributed by atoms with van der Waals surface area (Å²) >= 11 is 0. The Labute approximate surface area is 114 Å².